The molecule has 1 aromatic heterocycles. The van der Waals surface area contributed by atoms with E-state index in [2.05, 4.69) is 15.5 Å². The predicted molar refractivity (Wildman–Crippen MR) is 105 cm³/mol. The highest BCUT2D eigenvalue weighted by atomic mass is 35.5. The number of carbonyl (C=O) groups is 1. The van der Waals surface area contributed by atoms with Crippen molar-refractivity contribution in [1.82, 2.24) is 29.4 Å². The topological polar surface area (TPSA) is 101 Å². The van der Waals surface area contributed by atoms with Gasteiger partial charge in [0.25, 0.3) is 5.91 Å². The summed E-state index contributed by atoms with van der Waals surface area (Å²) in [5.41, 5.74) is 1.15. The van der Waals surface area contributed by atoms with Crippen LogP contribution in [0.25, 0.3) is 5.69 Å². The lowest BCUT2D eigenvalue weighted by molar-refractivity contribution is 0.0698. The summed E-state index contributed by atoms with van der Waals surface area (Å²) >= 11 is 6.06. The van der Waals surface area contributed by atoms with Crippen LogP contribution >= 0.6 is 11.6 Å². The molecule has 0 spiro atoms. The normalized spacial score (nSPS) is 15.4. The third-order valence-electron chi connectivity index (χ3n) is 4.69. The first-order valence-corrected chi connectivity index (χ1v) is 10.7. The summed E-state index contributed by atoms with van der Waals surface area (Å²) in [7, 11) is -3.70. The van der Waals surface area contributed by atoms with E-state index < -0.39 is 10.0 Å². The smallest absolute Gasteiger partial charge is 0.254 e. The van der Waals surface area contributed by atoms with Gasteiger partial charge in [0.05, 0.1) is 10.7 Å². The summed E-state index contributed by atoms with van der Waals surface area (Å²) in [6.07, 6.45) is 1.45. The van der Waals surface area contributed by atoms with E-state index in [1.807, 2.05) is 0 Å². The van der Waals surface area contributed by atoms with Crippen molar-refractivity contribution in [3.8, 4) is 5.69 Å². The van der Waals surface area contributed by atoms with E-state index in [9.17, 15) is 13.2 Å². The van der Waals surface area contributed by atoms with E-state index in [-0.39, 0.29) is 42.0 Å². The zero-order chi connectivity index (χ0) is 20.4. The summed E-state index contributed by atoms with van der Waals surface area (Å²) < 4.78 is 28.5. The lowest BCUT2D eigenvalue weighted by Crippen LogP contribution is -2.50. The number of amides is 1. The van der Waals surface area contributed by atoms with E-state index in [0.717, 1.165) is 0 Å². The van der Waals surface area contributed by atoms with Crippen LogP contribution in [0.2, 0.25) is 5.02 Å². The van der Waals surface area contributed by atoms with E-state index >= 15 is 0 Å². The average molecular weight is 433 g/mol. The molecule has 0 atom stereocenters. The standard InChI is InChI=1S/C18H17ClN6O3S/c19-16-6-1-2-7-17(16)29(27,28)24-10-8-23(9-11-24)18(26)14-4-3-5-15(12-14)25-13-20-21-22-25/h1-7,12-13H,8-11H2. The summed E-state index contributed by atoms with van der Waals surface area (Å²) in [5, 5.41) is 11.2. The molecule has 0 radical (unpaired) electrons. The molecule has 1 fully saturated rings. The lowest BCUT2D eigenvalue weighted by atomic mass is 10.1. The minimum absolute atomic E-state index is 0.0792. The molecule has 2 aromatic carbocycles. The molecule has 1 aliphatic rings. The molecule has 29 heavy (non-hydrogen) atoms. The Morgan fingerprint density at radius 2 is 1.76 bits per heavy atom. The van der Waals surface area contributed by atoms with Crippen LogP contribution in [-0.4, -0.2) is 69.9 Å². The van der Waals surface area contributed by atoms with Crippen molar-refractivity contribution in [2.75, 3.05) is 26.2 Å². The number of piperazine rings is 1. The number of hydrogen-bond donors (Lipinski definition) is 0. The van der Waals surface area contributed by atoms with Gasteiger partial charge in [-0.2, -0.15) is 4.31 Å². The number of sulfonamides is 1. The monoisotopic (exact) mass is 432 g/mol. The first kappa shape index (κ1) is 19.5. The van der Waals surface area contributed by atoms with E-state index in [1.165, 1.54) is 21.4 Å². The van der Waals surface area contributed by atoms with Gasteiger partial charge < -0.3 is 4.90 Å². The molecule has 0 N–H and O–H groups in total. The zero-order valence-corrected chi connectivity index (χ0v) is 16.8. The molecule has 0 aliphatic carbocycles. The minimum Gasteiger partial charge on any atom is -0.336 e. The van der Waals surface area contributed by atoms with Gasteiger partial charge in [0.2, 0.25) is 10.0 Å². The van der Waals surface area contributed by atoms with Crippen molar-refractivity contribution in [3.63, 3.8) is 0 Å². The number of rotatable bonds is 4. The third kappa shape index (κ3) is 3.86. The van der Waals surface area contributed by atoms with Crippen molar-refractivity contribution in [2.24, 2.45) is 0 Å². The SMILES string of the molecule is O=C(c1cccc(-n2cnnn2)c1)N1CCN(S(=O)(=O)c2ccccc2Cl)CC1. The van der Waals surface area contributed by atoms with Gasteiger partial charge in [0, 0.05) is 31.7 Å². The summed E-state index contributed by atoms with van der Waals surface area (Å²) in [6.45, 7) is 0.979. The Hall–Kier alpha value is -2.82. The Balaban J connectivity index is 1.47. The summed E-state index contributed by atoms with van der Waals surface area (Å²) in [6, 6.07) is 13.3. The van der Waals surface area contributed by atoms with Crippen LogP contribution in [0, 0.1) is 0 Å². The predicted octanol–water partition coefficient (Wildman–Crippen LogP) is 1.46. The quantitative estimate of drug-likeness (QED) is 0.618. The van der Waals surface area contributed by atoms with Crippen molar-refractivity contribution in [3.05, 3.63) is 65.4 Å². The van der Waals surface area contributed by atoms with Gasteiger partial charge in [0.15, 0.2) is 0 Å². The molecule has 4 rings (SSSR count). The fourth-order valence-corrected chi connectivity index (χ4v) is 5.08. The molecular formula is C18H17ClN6O3S. The average Bonchev–Trinajstić information content (AvgIpc) is 3.29. The van der Waals surface area contributed by atoms with Crippen LogP contribution in [0.1, 0.15) is 10.4 Å². The summed E-state index contributed by atoms with van der Waals surface area (Å²) in [5.74, 6) is -0.172. The molecule has 1 aliphatic heterocycles. The number of carbonyl (C=O) groups excluding carboxylic acids is 1. The van der Waals surface area contributed by atoms with Gasteiger partial charge >= 0.3 is 0 Å². The van der Waals surface area contributed by atoms with Crippen LogP contribution in [0.15, 0.2) is 59.8 Å². The Morgan fingerprint density at radius 3 is 2.45 bits per heavy atom. The Morgan fingerprint density at radius 1 is 1.00 bits per heavy atom. The highest BCUT2D eigenvalue weighted by Crippen LogP contribution is 2.25. The second-order valence-corrected chi connectivity index (χ2v) is 8.74. The number of tetrazole rings is 1. The van der Waals surface area contributed by atoms with Crippen LogP contribution in [0.3, 0.4) is 0 Å². The molecule has 1 saturated heterocycles. The highest BCUT2D eigenvalue weighted by Gasteiger charge is 2.31. The number of benzene rings is 2. The Labute approximate surface area is 172 Å². The number of halogens is 1. The minimum atomic E-state index is -3.70. The van der Waals surface area contributed by atoms with Crippen LogP contribution in [-0.2, 0) is 10.0 Å². The van der Waals surface area contributed by atoms with Crippen molar-refractivity contribution < 1.29 is 13.2 Å². The van der Waals surface area contributed by atoms with Gasteiger partial charge in [-0.15, -0.1) is 5.10 Å². The molecule has 3 aromatic rings. The van der Waals surface area contributed by atoms with E-state index in [1.54, 1.807) is 47.4 Å². The number of aromatic nitrogens is 4. The molecule has 2 heterocycles. The second-order valence-electron chi connectivity index (χ2n) is 6.43. The van der Waals surface area contributed by atoms with Crippen molar-refractivity contribution in [2.45, 2.75) is 4.90 Å². The maximum atomic E-state index is 12.9. The fraction of sp³-hybridized carbons (Fsp3) is 0.222. The largest absolute Gasteiger partial charge is 0.336 e. The maximum Gasteiger partial charge on any atom is 0.254 e. The van der Waals surface area contributed by atoms with Gasteiger partial charge in [-0.1, -0.05) is 29.8 Å². The molecule has 11 heteroatoms. The Bertz CT molecular complexity index is 1130. The lowest BCUT2D eigenvalue weighted by Gasteiger charge is -2.34. The summed E-state index contributed by atoms with van der Waals surface area (Å²) in [4.78, 5) is 14.6. The zero-order valence-electron chi connectivity index (χ0n) is 15.2. The van der Waals surface area contributed by atoms with Crippen LogP contribution in [0.5, 0.6) is 0 Å². The van der Waals surface area contributed by atoms with Crippen LogP contribution < -0.4 is 0 Å². The number of hydrogen-bond acceptors (Lipinski definition) is 6. The van der Waals surface area contributed by atoms with Gasteiger partial charge in [-0.25, -0.2) is 13.1 Å². The van der Waals surface area contributed by atoms with E-state index in [0.29, 0.717) is 11.3 Å². The molecule has 150 valence electrons. The molecule has 9 nitrogen and oxygen atoms in total. The fourth-order valence-electron chi connectivity index (χ4n) is 3.17. The molecular weight excluding hydrogens is 416 g/mol. The van der Waals surface area contributed by atoms with E-state index in [4.69, 9.17) is 11.6 Å². The molecule has 0 saturated carbocycles. The molecule has 0 bridgehead atoms. The third-order valence-corrected chi connectivity index (χ3v) is 7.09. The molecule has 0 unspecified atom stereocenters. The molecule has 1 amide bonds. The second kappa shape index (κ2) is 7.90. The van der Waals surface area contributed by atoms with Gasteiger partial charge in [-0.3, -0.25) is 4.79 Å². The highest BCUT2D eigenvalue weighted by molar-refractivity contribution is 7.89. The van der Waals surface area contributed by atoms with Crippen molar-refractivity contribution >= 4 is 27.5 Å². The van der Waals surface area contributed by atoms with Gasteiger partial charge in [-0.05, 0) is 40.8 Å². The number of nitrogens with zero attached hydrogens (tertiary/aromatic N) is 6. The van der Waals surface area contributed by atoms with Gasteiger partial charge in [0.1, 0.15) is 11.2 Å². The van der Waals surface area contributed by atoms with Crippen LogP contribution in [0.4, 0.5) is 0 Å². The maximum absolute atomic E-state index is 12.9. The first-order valence-electron chi connectivity index (χ1n) is 8.84. The first-order chi connectivity index (χ1) is 14.0. The van der Waals surface area contributed by atoms with Crippen molar-refractivity contribution in [1.29, 1.82) is 0 Å². The Kier molecular flexibility index (Phi) is 5.31.